The van der Waals surface area contributed by atoms with Gasteiger partial charge < -0.3 is 14.7 Å². The van der Waals surface area contributed by atoms with Gasteiger partial charge >= 0.3 is 5.97 Å². The number of nitrogens with zero attached hydrogens (tertiary/aromatic N) is 3. The summed E-state index contributed by atoms with van der Waals surface area (Å²) in [6.45, 7) is 6.84. The molecule has 0 atom stereocenters. The van der Waals surface area contributed by atoms with Crippen molar-refractivity contribution < 1.29 is 19.0 Å². The van der Waals surface area contributed by atoms with Crippen LogP contribution in [0.3, 0.4) is 0 Å². The number of hydrogen-bond donors (Lipinski definition) is 2. The molecule has 0 unspecified atom stereocenters. The molecule has 2 aromatic carbocycles. The SMILES string of the molecule is CCN(CC)CCOC(=O)c1ccc(N=Cc2c(O)n(-c3ccc(F)cc3)c(=S)[nH]c2=O)cc1. The Bertz CT molecular complexity index is 1280. The third kappa shape index (κ3) is 6.03. The van der Waals surface area contributed by atoms with Crippen LogP contribution in [0.1, 0.15) is 29.8 Å². The summed E-state index contributed by atoms with van der Waals surface area (Å²) in [6, 6.07) is 11.6. The topological polar surface area (TPSA) is 99.9 Å². The van der Waals surface area contributed by atoms with Crippen LogP contribution in [0.5, 0.6) is 5.88 Å². The zero-order chi connectivity index (χ0) is 24.7. The maximum Gasteiger partial charge on any atom is 0.338 e. The van der Waals surface area contributed by atoms with Crippen molar-refractivity contribution in [2.24, 2.45) is 4.99 Å². The minimum absolute atomic E-state index is 0.0462. The zero-order valence-electron chi connectivity index (χ0n) is 18.8. The summed E-state index contributed by atoms with van der Waals surface area (Å²) in [6.07, 6.45) is 1.19. The van der Waals surface area contributed by atoms with Crippen LogP contribution < -0.4 is 5.56 Å². The Kier molecular flexibility index (Phi) is 8.44. The van der Waals surface area contributed by atoms with Gasteiger partial charge in [-0.2, -0.15) is 0 Å². The third-order valence-electron chi connectivity index (χ3n) is 5.19. The number of H-pyrrole nitrogens is 1. The summed E-state index contributed by atoms with van der Waals surface area (Å²) >= 11 is 5.14. The summed E-state index contributed by atoms with van der Waals surface area (Å²) in [7, 11) is 0. The van der Waals surface area contributed by atoms with Crippen LogP contribution in [0, 0.1) is 10.6 Å². The van der Waals surface area contributed by atoms with E-state index in [1.54, 1.807) is 24.3 Å². The van der Waals surface area contributed by atoms with Crippen LogP contribution >= 0.6 is 12.2 Å². The second-order valence-electron chi connectivity index (χ2n) is 7.28. The number of halogens is 1. The standard InChI is InChI=1S/C24H25FN4O4S/c1-3-28(4-2)13-14-33-23(32)16-5-9-18(10-6-16)26-15-20-21(30)27-24(34)29(22(20)31)19-11-7-17(25)8-12-19/h5-12,15,31H,3-4,13-14H2,1-2H3,(H,27,30,34). The Labute approximate surface area is 201 Å². The number of likely N-dealkylation sites (N-methyl/N-ethyl adjacent to an activating group) is 1. The molecule has 0 radical (unpaired) electrons. The highest BCUT2D eigenvalue weighted by atomic mass is 32.1. The van der Waals surface area contributed by atoms with Gasteiger partial charge in [-0.3, -0.25) is 19.3 Å². The number of benzene rings is 2. The van der Waals surface area contributed by atoms with Gasteiger partial charge in [0.1, 0.15) is 18.0 Å². The number of aromatic hydroxyl groups is 1. The van der Waals surface area contributed by atoms with Crippen molar-refractivity contribution in [1.82, 2.24) is 14.5 Å². The number of esters is 1. The summed E-state index contributed by atoms with van der Waals surface area (Å²) in [5.74, 6) is -1.31. The van der Waals surface area contributed by atoms with Gasteiger partial charge in [0, 0.05) is 12.8 Å². The van der Waals surface area contributed by atoms with Crippen LogP contribution in [0.4, 0.5) is 10.1 Å². The Morgan fingerprint density at radius 2 is 1.82 bits per heavy atom. The van der Waals surface area contributed by atoms with Gasteiger partial charge in [0.2, 0.25) is 5.88 Å². The quantitative estimate of drug-likeness (QED) is 0.271. The van der Waals surface area contributed by atoms with E-state index in [1.807, 2.05) is 13.8 Å². The second-order valence-corrected chi connectivity index (χ2v) is 7.66. The monoisotopic (exact) mass is 484 g/mol. The number of ether oxygens (including phenoxy) is 1. The summed E-state index contributed by atoms with van der Waals surface area (Å²) < 4.78 is 19.7. The van der Waals surface area contributed by atoms with Gasteiger partial charge in [0.05, 0.1) is 16.9 Å². The first-order chi connectivity index (χ1) is 16.3. The van der Waals surface area contributed by atoms with E-state index < -0.39 is 23.2 Å². The molecule has 0 aliphatic heterocycles. The molecule has 34 heavy (non-hydrogen) atoms. The van der Waals surface area contributed by atoms with Crippen LogP contribution in [-0.2, 0) is 4.74 Å². The highest BCUT2D eigenvalue weighted by molar-refractivity contribution is 7.71. The summed E-state index contributed by atoms with van der Waals surface area (Å²) in [4.78, 5) is 33.4. The number of nitrogens with one attached hydrogen (secondary N) is 1. The molecule has 1 aromatic heterocycles. The number of hydrogen-bond acceptors (Lipinski definition) is 7. The maximum absolute atomic E-state index is 13.2. The van der Waals surface area contributed by atoms with Gasteiger partial charge in [-0.15, -0.1) is 0 Å². The lowest BCUT2D eigenvalue weighted by atomic mass is 10.2. The van der Waals surface area contributed by atoms with E-state index in [-0.39, 0.29) is 10.3 Å². The van der Waals surface area contributed by atoms with Gasteiger partial charge in [0.15, 0.2) is 4.77 Å². The lowest BCUT2D eigenvalue weighted by Gasteiger charge is -2.17. The molecular formula is C24H25FN4O4S. The van der Waals surface area contributed by atoms with Crippen molar-refractivity contribution >= 4 is 30.1 Å². The van der Waals surface area contributed by atoms with E-state index in [0.29, 0.717) is 30.1 Å². The third-order valence-corrected chi connectivity index (χ3v) is 5.47. The first kappa shape index (κ1) is 25.0. The van der Waals surface area contributed by atoms with Crippen LogP contribution in [-0.4, -0.2) is 58.0 Å². The molecule has 0 spiro atoms. The van der Waals surface area contributed by atoms with Crippen molar-refractivity contribution in [3.63, 3.8) is 0 Å². The number of aromatic nitrogens is 2. The van der Waals surface area contributed by atoms with E-state index in [4.69, 9.17) is 17.0 Å². The first-order valence-electron chi connectivity index (χ1n) is 10.7. The molecule has 2 N–H and O–H groups in total. The molecule has 0 fully saturated rings. The molecule has 3 rings (SSSR count). The van der Waals surface area contributed by atoms with E-state index >= 15 is 0 Å². The molecule has 0 saturated heterocycles. The summed E-state index contributed by atoms with van der Waals surface area (Å²) in [5, 5.41) is 10.7. The minimum atomic E-state index is -0.627. The molecule has 0 amide bonds. The fourth-order valence-corrected chi connectivity index (χ4v) is 3.48. The lowest BCUT2D eigenvalue weighted by molar-refractivity contribution is 0.0466. The van der Waals surface area contributed by atoms with Crippen LogP contribution in [0.25, 0.3) is 5.69 Å². The van der Waals surface area contributed by atoms with Crippen molar-refractivity contribution in [1.29, 1.82) is 0 Å². The Hall–Kier alpha value is -3.63. The number of aliphatic imine (C=N–C) groups is 1. The molecule has 1 heterocycles. The van der Waals surface area contributed by atoms with E-state index in [9.17, 15) is 19.1 Å². The van der Waals surface area contributed by atoms with Crippen molar-refractivity contribution in [3.8, 4) is 11.6 Å². The number of carbonyl (C=O) groups excluding carboxylic acids is 1. The smallest absolute Gasteiger partial charge is 0.338 e. The van der Waals surface area contributed by atoms with Gasteiger partial charge in [-0.05, 0) is 73.8 Å². The van der Waals surface area contributed by atoms with Gasteiger partial charge in [-0.1, -0.05) is 13.8 Å². The zero-order valence-corrected chi connectivity index (χ0v) is 19.6. The number of carbonyl (C=O) groups is 1. The number of rotatable bonds is 9. The molecule has 0 aliphatic carbocycles. The predicted molar refractivity (Wildman–Crippen MR) is 131 cm³/mol. The van der Waals surface area contributed by atoms with Crippen LogP contribution in [0.2, 0.25) is 0 Å². The van der Waals surface area contributed by atoms with Gasteiger partial charge in [0.25, 0.3) is 5.56 Å². The Morgan fingerprint density at radius 3 is 2.44 bits per heavy atom. The van der Waals surface area contributed by atoms with E-state index in [0.717, 1.165) is 13.1 Å². The molecule has 178 valence electrons. The highest BCUT2D eigenvalue weighted by Gasteiger charge is 2.13. The molecular weight excluding hydrogens is 459 g/mol. The molecule has 0 bridgehead atoms. The average Bonchev–Trinajstić information content (AvgIpc) is 2.83. The van der Waals surface area contributed by atoms with Crippen molar-refractivity contribution in [2.75, 3.05) is 26.2 Å². The van der Waals surface area contributed by atoms with Gasteiger partial charge in [-0.25, -0.2) is 9.18 Å². The first-order valence-corrected chi connectivity index (χ1v) is 11.1. The van der Waals surface area contributed by atoms with Crippen molar-refractivity contribution in [2.45, 2.75) is 13.8 Å². The van der Waals surface area contributed by atoms with Crippen LogP contribution in [0.15, 0.2) is 58.3 Å². The molecule has 0 saturated carbocycles. The van der Waals surface area contributed by atoms with E-state index in [1.165, 1.54) is 35.0 Å². The molecule has 8 nitrogen and oxygen atoms in total. The molecule has 0 aliphatic rings. The second kappa shape index (κ2) is 11.5. The highest BCUT2D eigenvalue weighted by Crippen LogP contribution is 2.20. The largest absolute Gasteiger partial charge is 0.494 e. The number of aromatic amines is 1. The molecule has 10 heteroatoms. The summed E-state index contributed by atoms with van der Waals surface area (Å²) in [5.41, 5.74) is 0.451. The predicted octanol–water partition coefficient (Wildman–Crippen LogP) is 3.99. The van der Waals surface area contributed by atoms with E-state index in [2.05, 4.69) is 14.9 Å². The Morgan fingerprint density at radius 1 is 1.18 bits per heavy atom. The van der Waals surface area contributed by atoms with Crippen molar-refractivity contribution in [3.05, 3.63) is 80.6 Å². The fourth-order valence-electron chi connectivity index (χ4n) is 3.20. The fraction of sp³-hybridized carbons (Fsp3) is 0.250. The normalized spacial score (nSPS) is 11.3. The maximum atomic E-state index is 13.2. The Balaban J connectivity index is 1.76. The average molecular weight is 485 g/mol. The molecule has 3 aromatic rings. The minimum Gasteiger partial charge on any atom is -0.494 e. The lowest BCUT2D eigenvalue weighted by Crippen LogP contribution is -2.27.